The summed E-state index contributed by atoms with van der Waals surface area (Å²) in [5.74, 6) is 0. The standard InChI is InChI=1S/CH3NS2.Re/c2-1(3)4;/h(H3,2,3,4);. The van der Waals surface area contributed by atoms with E-state index in [2.05, 4.69) is 24.8 Å². The second-order valence-corrected chi connectivity index (χ2v) is 1.56. The second-order valence-electron chi connectivity index (χ2n) is 0.338. The zero-order valence-electron chi connectivity index (χ0n) is 2.31. The summed E-state index contributed by atoms with van der Waals surface area (Å²) in [5.41, 5.74) is 4.71. The SMILES string of the molecule is NC(=S)S.[Re]. The molecule has 2 N–H and O–H groups in total. The van der Waals surface area contributed by atoms with Crippen LogP contribution >= 0.6 is 24.8 Å². The van der Waals surface area contributed by atoms with Crippen LogP contribution in [0.1, 0.15) is 0 Å². The van der Waals surface area contributed by atoms with Crippen molar-refractivity contribution < 1.29 is 20.4 Å². The Bertz CT molecular complexity index is 32.6. The van der Waals surface area contributed by atoms with Crippen LogP contribution in [0.25, 0.3) is 0 Å². The summed E-state index contributed by atoms with van der Waals surface area (Å²) in [5, 5.41) is 0. The number of thiocarbonyl (C=S) groups is 1. The third-order valence-corrected chi connectivity index (χ3v) is 0. The molecular formula is CH3NReS2. The molecule has 0 aromatic rings. The summed E-state index contributed by atoms with van der Waals surface area (Å²) >= 11 is 7.65. The first-order valence-electron chi connectivity index (χ1n) is 0.716. The Hall–Kier alpha value is 0.902. The number of hydrogen-bond donors (Lipinski definition) is 2. The van der Waals surface area contributed by atoms with Crippen LogP contribution in [0.15, 0.2) is 0 Å². The largest absolute Gasteiger partial charge is 0.385 e. The zero-order valence-corrected chi connectivity index (χ0v) is 6.74. The van der Waals surface area contributed by atoms with Gasteiger partial charge in [-0.25, -0.2) is 0 Å². The predicted octanol–water partition coefficient (Wildman–Crippen LogP) is 0.157. The second kappa shape index (κ2) is 4.90. The molecule has 0 saturated carbocycles. The fourth-order valence-corrected chi connectivity index (χ4v) is 0. The van der Waals surface area contributed by atoms with Gasteiger partial charge in [0, 0.05) is 20.4 Å². The molecule has 0 fully saturated rings. The van der Waals surface area contributed by atoms with E-state index in [1.165, 1.54) is 0 Å². The maximum atomic E-state index is 4.71. The first-order valence-corrected chi connectivity index (χ1v) is 1.57. The average Bonchev–Trinajstić information content (AvgIpc) is 0.811. The van der Waals surface area contributed by atoms with Crippen molar-refractivity contribution in [2.45, 2.75) is 0 Å². The van der Waals surface area contributed by atoms with Crippen molar-refractivity contribution in [1.29, 1.82) is 0 Å². The van der Waals surface area contributed by atoms with Crippen LogP contribution in [0.5, 0.6) is 0 Å². The summed E-state index contributed by atoms with van der Waals surface area (Å²) in [6, 6.07) is 0. The van der Waals surface area contributed by atoms with Gasteiger partial charge in [0.15, 0.2) is 0 Å². The molecule has 1 nitrogen and oxygen atoms in total. The van der Waals surface area contributed by atoms with Crippen LogP contribution in [-0.2, 0) is 20.4 Å². The minimum Gasteiger partial charge on any atom is -0.385 e. The smallest absolute Gasteiger partial charge is 0.128 e. The molecule has 0 aromatic heterocycles. The molecule has 0 spiro atoms. The quantitative estimate of drug-likeness (QED) is 0.488. The normalized spacial score (nSPS) is 5.00. The van der Waals surface area contributed by atoms with E-state index in [4.69, 9.17) is 5.73 Å². The van der Waals surface area contributed by atoms with Gasteiger partial charge >= 0.3 is 0 Å². The summed E-state index contributed by atoms with van der Waals surface area (Å²) in [6.45, 7) is 0. The molecule has 0 rings (SSSR count). The molecule has 31 valence electrons. The third kappa shape index (κ3) is 50.7. The van der Waals surface area contributed by atoms with E-state index in [0.29, 0.717) is 0 Å². The summed E-state index contributed by atoms with van der Waals surface area (Å²) < 4.78 is 0.194. The summed E-state index contributed by atoms with van der Waals surface area (Å²) in [6.07, 6.45) is 0. The third-order valence-electron chi connectivity index (χ3n) is 0. The fraction of sp³-hybridized carbons (Fsp3) is 0. The molecule has 5 heavy (non-hydrogen) atoms. The first kappa shape index (κ1) is 9.31. The van der Waals surface area contributed by atoms with E-state index in [1.807, 2.05) is 0 Å². The van der Waals surface area contributed by atoms with Gasteiger partial charge < -0.3 is 5.73 Å². The summed E-state index contributed by atoms with van der Waals surface area (Å²) in [4.78, 5) is 0. The van der Waals surface area contributed by atoms with Crippen molar-refractivity contribution in [3.8, 4) is 0 Å². The van der Waals surface area contributed by atoms with Crippen LogP contribution in [-0.4, -0.2) is 4.32 Å². The fourth-order valence-electron chi connectivity index (χ4n) is 0. The molecule has 0 unspecified atom stereocenters. The predicted molar refractivity (Wildman–Crippen MR) is 25.8 cm³/mol. The van der Waals surface area contributed by atoms with Gasteiger partial charge in [0.1, 0.15) is 4.32 Å². The zero-order chi connectivity index (χ0) is 3.58. The van der Waals surface area contributed by atoms with E-state index in [0.717, 1.165) is 0 Å². The maximum absolute atomic E-state index is 4.71. The van der Waals surface area contributed by atoms with Gasteiger partial charge in [-0.05, 0) is 0 Å². The van der Waals surface area contributed by atoms with Crippen molar-refractivity contribution in [1.82, 2.24) is 0 Å². The number of nitrogens with two attached hydrogens (primary N) is 1. The molecule has 0 heterocycles. The van der Waals surface area contributed by atoms with Crippen molar-refractivity contribution in [2.75, 3.05) is 0 Å². The number of thiol groups is 1. The van der Waals surface area contributed by atoms with Gasteiger partial charge in [-0.1, -0.05) is 12.2 Å². The van der Waals surface area contributed by atoms with Crippen LogP contribution in [0, 0.1) is 0 Å². The summed E-state index contributed by atoms with van der Waals surface area (Å²) in [7, 11) is 0. The number of rotatable bonds is 0. The van der Waals surface area contributed by atoms with E-state index < -0.39 is 0 Å². The minimum atomic E-state index is 0. The van der Waals surface area contributed by atoms with Gasteiger partial charge in [-0.2, -0.15) is 0 Å². The van der Waals surface area contributed by atoms with Crippen LogP contribution in [0.3, 0.4) is 0 Å². The molecule has 0 amide bonds. The Balaban J connectivity index is 0. The molecular weight excluding hydrogens is 276 g/mol. The minimum absolute atomic E-state index is 0. The van der Waals surface area contributed by atoms with Crippen molar-refractivity contribution in [3.05, 3.63) is 0 Å². The topological polar surface area (TPSA) is 26.0 Å². The molecule has 0 bridgehead atoms. The Morgan fingerprint density at radius 2 is 1.80 bits per heavy atom. The molecule has 4 heteroatoms. The maximum Gasteiger partial charge on any atom is 0.128 e. The van der Waals surface area contributed by atoms with Crippen molar-refractivity contribution in [3.63, 3.8) is 0 Å². The molecule has 0 saturated heterocycles. The van der Waals surface area contributed by atoms with Gasteiger partial charge in [0.2, 0.25) is 0 Å². The van der Waals surface area contributed by atoms with E-state index >= 15 is 0 Å². The van der Waals surface area contributed by atoms with Gasteiger partial charge in [-0.3, -0.25) is 0 Å². The van der Waals surface area contributed by atoms with E-state index in [9.17, 15) is 0 Å². The molecule has 0 aromatic carbocycles. The number of hydrogen-bond acceptors (Lipinski definition) is 1. The monoisotopic (exact) mass is 280 g/mol. The Morgan fingerprint density at radius 3 is 1.80 bits per heavy atom. The van der Waals surface area contributed by atoms with Gasteiger partial charge in [-0.15, -0.1) is 12.6 Å². The molecule has 0 aliphatic carbocycles. The average molecular weight is 279 g/mol. The molecule has 0 atom stereocenters. The Labute approximate surface area is 55.4 Å². The van der Waals surface area contributed by atoms with Gasteiger partial charge in [0.25, 0.3) is 0 Å². The van der Waals surface area contributed by atoms with Gasteiger partial charge in [0.05, 0.1) is 0 Å². The van der Waals surface area contributed by atoms with E-state index in [1.54, 1.807) is 0 Å². The van der Waals surface area contributed by atoms with Crippen molar-refractivity contribution in [2.24, 2.45) is 5.73 Å². The van der Waals surface area contributed by atoms with E-state index in [-0.39, 0.29) is 24.7 Å². The van der Waals surface area contributed by atoms with Crippen LogP contribution in [0.2, 0.25) is 0 Å². The molecule has 0 aliphatic heterocycles. The van der Waals surface area contributed by atoms with Crippen molar-refractivity contribution >= 4 is 29.2 Å². The Kier molecular flexibility index (Phi) is 9.13. The Morgan fingerprint density at radius 1 is 1.80 bits per heavy atom. The molecule has 1 radical (unpaired) electrons. The van der Waals surface area contributed by atoms with Crippen LogP contribution < -0.4 is 5.73 Å². The molecule has 0 aliphatic rings. The first-order chi connectivity index (χ1) is 1.73. The van der Waals surface area contributed by atoms with Crippen LogP contribution in [0.4, 0.5) is 0 Å².